The topological polar surface area (TPSA) is 62.2 Å². The first-order chi connectivity index (χ1) is 10.2. The molecule has 0 bridgehead atoms. The summed E-state index contributed by atoms with van der Waals surface area (Å²) in [4.78, 5) is 15.6. The summed E-state index contributed by atoms with van der Waals surface area (Å²) in [6.45, 7) is 5.68. The van der Waals surface area contributed by atoms with Crippen molar-refractivity contribution in [2.24, 2.45) is 4.99 Å². The number of aliphatic imine (C=N–C) groups is 1. The second kappa shape index (κ2) is 10.1. The number of rotatable bonds is 6. The Morgan fingerprint density at radius 1 is 1.00 bits per heavy atom. The van der Waals surface area contributed by atoms with Crippen molar-refractivity contribution in [1.82, 2.24) is 20.6 Å². The lowest BCUT2D eigenvalue weighted by Gasteiger charge is -2.09. The Hall–Kier alpha value is -0.740. The van der Waals surface area contributed by atoms with E-state index in [9.17, 15) is 0 Å². The fraction of sp³-hybridized carbons (Fsp3) is 0.500. The Kier molecular flexibility index (Phi) is 8.88. The predicted octanol–water partition coefficient (Wildman–Crippen LogP) is 3.21. The van der Waals surface area contributed by atoms with Crippen molar-refractivity contribution in [2.45, 2.75) is 39.8 Å². The quantitative estimate of drug-likeness (QED) is 0.402. The standard InChI is InChI=1S/C14H21N5S2.HI/c1-4-10-6-16-12(20-10)8-18-14(15-3)19-9-13-17-7-11(5-2)21-13;/h6-7H,4-5,8-9H2,1-3H3,(H2,15,18,19);1H. The first-order valence-electron chi connectivity index (χ1n) is 7.06. The van der Waals surface area contributed by atoms with Gasteiger partial charge in [-0.25, -0.2) is 9.97 Å². The molecule has 0 saturated heterocycles. The van der Waals surface area contributed by atoms with Crippen molar-refractivity contribution in [3.63, 3.8) is 0 Å². The normalized spacial score (nSPS) is 9.95. The van der Waals surface area contributed by atoms with Crippen LogP contribution in [0.15, 0.2) is 17.4 Å². The summed E-state index contributed by atoms with van der Waals surface area (Å²) in [6, 6.07) is 0. The molecule has 122 valence electrons. The van der Waals surface area contributed by atoms with E-state index in [0.29, 0.717) is 13.1 Å². The van der Waals surface area contributed by atoms with Gasteiger partial charge in [-0.1, -0.05) is 13.8 Å². The third-order valence-electron chi connectivity index (χ3n) is 2.94. The molecule has 0 atom stereocenters. The summed E-state index contributed by atoms with van der Waals surface area (Å²) in [5.74, 6) is 0.775. The zero-order valence-corrected chi connectivity index (χ0v) is 17.0. The number of aromatic nitrogens is 2. The molecule has 2 rings (SSSR count). The first-order valence-corrected chi connectivity index (χ1v) is 8.70. The van der Waals surface area contributed by atoms with Crippen molar-refractivity contribution in [3.05, 3.63) is 32.2 Å². The molecule has 0 radical (unpaired) electrons. The van der Waals surface area contributed by atoms with Crippen molar-refractivity contribution < 1.29 is 0 Å². The molecule has 0 aliphatic heterocycles. The summed E-state index contributed by atoms with van der Waals surface area (Å²) in [6.07, 6.45) is 5.96. The fourth-order valence-corrected chi connectivity index (χ4v) is 3.33. The summed E-state index contributed by atoms with van der Waals surface area (Å²) < 4.78 is 0. The molecule has 8 heteroatoms. The van der Waals surface area contributed by atoms with Crippen LogP contribution in [0.25, 0.3) is 0 Å². The fourth-order valence-electron chi connectivity index (χ4n) is 1.73. The Balaban J connectivity index is 0.00000242. The summed E-state index contributed by atoms with van der Waals surface area (Å²) in [5, 5.41) is 8.72. The second-order valence-electron chi connectivity index (χ2n) is 4.43. The monoisotopic (exact) mass is 451 g/mol. The molecule has 22 heavy (non-hydrogen) atoms. The third-order valence-corrected chi connectivity index (χ3v) is 5.22. The molecule has 0 spiro atoms. The highest BCUT2D eigenvalue weighted by Crippen LogP contribution is 2.13. The molecule has 0 amide bonds. The SMILES string of the molecule is CCc1cnc(CNC(=NC)NCc2ncc(CC)s2)s1.I. The van der Waals surface area contributed by atoms with Crippen LogP contribution in [0.4, 0.5) is 0 Å². The molecular weight excluding hydrogens is 429 g/mol. The van der Waals surface area contributed by atoms with E-state index in [1.54, 1.807) is 29.7 Å². The molecule has 2 heterocycles. The average Bonchev–Trinajstić information content (AvgIpc) is 3.16. The van der Waals surface area contributed by atoms with Crippen molar-refractivity contribution in [1.29, 1.82) is 0 Å². The largest absolute Gasteiger partial charge is 0.350 e. The van der Waals surface area contributed by atoms with Crippen LogP contribution < -0.4 is 10.6 Å². The van der Waals surface area contributed by atoms with Gasteiger partial charge in [0.15, 0.2) is 5.96 Å². The molecule has 0 aliphatic carbocycles. The summed E-state index contributed by atoms with van der Waals surface area (Å²) in [5.41, 5.74) is 0. The Labute approximate surface area is 156 Å². The molecule has 0 aliphatic rings. The van der Waals surface area contributed by atoms with Crippen molar-refractivity contribution in [3.8, 4) is 0 Å². The van der Waals surface area contributed by atoms with Gasteiger partial charge < -0.3 is 10.6 Å². The van der Waals surface area contributed by atoms with E-state index >= 15 is 0 Å². The number of aryl methyl sites for hydroxylation is 2. The Morgan fingerprint density at radius 2 is 1.45 bits per heavy atom. The van der Waals surface area contributed by atoms with Gasteiger partial charge in [0, 0.05) is 29.2 Å². The van der Waals surface area contributed by atoms with Gasteiger partial charge in [-0.15, -0.1) is 46.7 Å². The van der Waals surface area contributed by atoms with E-state index in [0.717, 1.165) is 28.8 Å². The third kappa shape index (κ3) is 5.81. The minimum Gasteiger partial charge on any atom is -0.350 e. The number of thiazole rings is 2. The molecule has 2 aromatic heterocycles. The lowest BCUT2D eigenvalue weighted by Crippen LogP contribution is -2.36. The van der Waals surface area contributed by atoms with Crippen LogP contribution in [0, 0.1) is 0 Å². The van der Waals surface area contributed by atoms with Gasteiger partial charge in [-0.2, -0.15) is 0 Å². The van der Waals surface area contributed by atoms with E-state index in [-0.39, 0.29) is 24.0 Å². The van der Waals surface area contributed by atoms with E-state index in [1.165, 1.54) is 9.75 Å². The first kappa shape index (κ1) is 19.3. The number of nitrogens with one attached hydrogen (secondary N) is 2. The van der Waals surface area contributed by atoms with Gasteiger partial charge in [0.25, 0.3) is 0 Å². The lowest BCUT2D eigenvalue weighted by molar-refractivity contribution is 0.801. The number of hydrogen-bond acceptors (Lipinski definition) is 5. The highest BCUT2D eigenvalue weighted by molar-refractivity contribution is 14.0. The molecule has 2 N–H and O–H groups in total. The van der Waals surface area contributed by atoms with Crippen molar-refractivity contribution in [2.75, 3.05) is 7.05 Å². The minimum atomic E-state index is 0. The van der Waals surface area contributed by atoms with Crippen LogP contribution in [0.3, 0.4) is 0 Å². The minimum absolute atomic E-state index is 0. The van der Waals surface area contributed by atoms with E-state index in [2.05, 4.69) is 39.4 Å². The molecular formula is C14H22IN5S2. The maximum absolute atomic E-state index is 4.39. The van der Waals surface area contributed by atoms with E-state index in [1.807, 2.05) is 12.4 Å². The van der Waals surface area contributed by atoms with Crippen LogP contribution in [-0.2, 0) is 25.9 Å². The highest BCUT2D eigenvalue weighted by Gasteiger charge is 2.04. The maximum Gasteiger partial charge on any atom is 0.191 e. The predicted molar refractivity (Wildman–Crippen MR) is 105 cm³/mol. The molecule has 0 fully saturated rings. The molecule has 2 aromatic rings. The summed E-state index contributed by atoms with van der Waals surface area (Å²) >= 11 is 3.48. The Morgan fingerprint density at radius 3 is 1.77 bits per heavy atom. The average molecular weight is 451 g/mol. The van der Waals surface area contributed by atoms with Crippen molar-refractivity contribution >= 4 is 52.6 Å². The van der Waals surface area contributed by atoms with Gasteiger partial charge in [-0.3, -0.25) is 4.99 Å². The van der Waals surface area contributed by atoms with E-state index in [4.69, 9.17) is 0 Å². The lowest BCUT2D eigenvalue weighted by atomic mass is 10.4. The van der Waals surface area contributed by atoms with Crippen LogP contribution in [-0.4, -0.2) is 23.0 Å². The van der Waals surface area contributed by atoms with Gasteiger partial charge in [-0.05, 0) is 12.8 Å². The molecule has 0 aromatic carbocycles. The van der Waals surface area contributed by atoms with Crippen LogP contribution in [0.2, 0.25) is 0 Å². The second-order valence-corrected chi connectivity index (χ2v) is 6.83. The maximum atomic E-state index is 4.39. The van der Waals surface area contributed by atoms with Gasteiger partial charge in [0.1, 0.15) is 10.0 Å². The molecule has 0 unspecified atom stereocenters. The van der Waals surface area contributed by atoms with Crippen LogP contribution >= 0.6 is 46.7 Å². The van der Waals surface area contributed by atoms with Gasteiger partial charge in [0.2, 0.25) is 0 Å². The number of nitrogens with zero attached hydrogens (tertiary/aromatic N) is 3. The van der Waals surface area contributed by atoms with E-state index < -0.39 is 0 Å². The molecule has 5 nitrogen and oxygen atoms in total. The number of halogens is 1. The number of guanidine groups is 1. The number of hydrogen-bond donors (Lipinski definition) is 2. The van der Waals surface area contributed by atoms with Gasteiger partial charge >= 0.3 is 0 Å². The Bertz CT molecular complexity index is 545. The van der Waals surface area contributed by atoms with Crippen LogP contribution in [0.1, 0.15) is 33.6 Å². The summed E-state index contributed by atoms with van der Waals surface area (Å²) in [7, 11) is 1.77. The van der Waals surface area contributed by atoms with Crippen LogP contribution in [0.5, 0.6) is 0 Å². The zero-order valence-electron chi connectivity index (χ0n) is 13.0. The smallest absolute Gasteiger partial charge is 0.191 e. The highest BCUT2D eigenvalue weighted by atomic mass is 127. The van der Waals surface area contributed by atoms with Gasteiger partial charge in [0.05, 0.1) is 13.1 Å². The zero-order chi connectivity index (χ0) is 15.1. The molecule has 0 saturated carbocycles.